The van der Waals surface area contributed by atoms with Gasteiger partial charge in [0.2, 0.25) is 0 Å². The number of unbranched alkanes of at least 4 members (excludes halogenated alkanes) is 23. The van der Waals surface area contributed by atoms with Crippen molar-refractivity contribution >= 4 is 7.82 Å². The van der Waals surface area contributed by atoms with Gasteiger partial charge in [-0.3, -0.25) is 4.52 Å². The Hall–Kier alpha value is 0.0700. The highest BCUT2D eigenvalue weighted by molar-refractivity contribution is 7.46. The van der Waals surface area contributed by atoms with Gasteiger partial charge in [-0.25, -0.2) is 4.57 Å². The van der Waals surface area contributed by atoms with Crippen LogP contribution in [0.25, 0.3) is 0 Å². The lowest BCUT2D eigenvalue weighted by Gasteiger charge is -2.11. The third kappa shape index (κ3) is 30.1. The molecule has 0 radical (unpaired) electrons. The van der Waals surface area contributed by atoms with Crippen LogP contribution in [-0.4, -0.2) is 27.6 Å². The number of rotatable bonds is 28. The maximum Gasteiger partial charge on any atom is 0.469 e. The largest absolute Gasteiger partial charge is 0.469 e. The first-order chi connectivity index (χ1) is 16.5. The molecule has 0 aromatic carbocycles. The van der Waals surface area contributed by atoms with Crippen LogP contribution < -0.4 is 0 Å². The topological polar surface area (TPSA) is 87.0 Å². The molecule has 6 heteroatoms. The van der Waals surface area contributed by atoms with E-state index in [-0.39, 0.29) is 6.61 Å². The molecular formula is C28H59O5P. The molecular weight excluding hydrogens is 447 g/mol. The maximum atomic E-state index is 10.6. The van der Waals surface area contributed by atoms with Gasteiger partial charge in [-0.2, -0.15) is 0 Å². The number of aliphatic hydroxyl groups excluding tert-OH is 1. The van der Waals surface area contributed by atoms with Crippen LogP contribution >= 0.6 is 7.82 Å². The zero-order valence-electron chi connectivity index (χ0n) is 22.6. The fourth-order valence-corrected chi connectivity index (χ4v) is 4.98. The van der Waals surface area contributed by atoms with Gasteiger partial charge >= 0.3 is 7.82 Å². The van der Waals surface area contributed by atoms with Crippen LogP contribution in [0.2, 0.25) is 0 Å². The molecule has 0 rings (SSSR count). The molecule has 34 heavy (non-hydrogen) atoms. The number of hydrogen-bond acceptors (Lipinski definition) is 3. The summed E-state index contributed by atoms with van der Waals surface area (Å²) in [7, 11) is -4.46. The Morgan fingerprint density at radius 2 is 0.794 bits per heavy atom. The Labute approximate surface area is 212 Å². The van der Waals surface area contributed by atoms with Crippen molar-refractivity contribution in [1.29, 1.82) is 0 Å². The van der Waals surface area contributed by atoms with E-state index >= 15 is 0 Å². The van der Waals surface area contributed by atoms with Gasteiger partial charge in [0.1, 0.15) is 0 Å². The molecule has 0 aromatic heterocycles. The molecule has 0 bridgehead atoms. The van der Waals surface area contributed by atoms with E-state index in [0.29, 0.717) is 6.42 Å². The zero-order valence-corrected chi connectivity index (χ0v) is 23.5. The second-order valence-electron chi connectivity index (χ2n) is 10.4. The van der Waals surface area contributed by atoms with E-state index in [9.17, 15) is 9.67 Å². The van der Waals surface area contributed by atoms with Gasteiger partial charge in [0.15, 0.2) is 0 Å². The highest BCUT2D eigenvalue weighted by atomic mass is 31.2. The summed E-state index contributed by atoms with van der Waals surface area (Å²) in [6.45, 7) is 2.00. The van der Waals surface area contributed by atoms with Crippen molar-refractivity contribution in [2.24, 2.45) is 0 Å². The first-order valence-corrected chi connectivity index (χ1v) is 16.4. The first kappa shape index (κ1) is 34.1. The summed E-state index contributed by atoms with van der Waals surface area (Å²) in [4.78, 5) is 17.2. The minimum absolute atomic E-state index is 0.288. The van der Waals surface area contributed by atoms with Crippen molar-refractivity contribution in [1.82, 2.24) is 0 Å². The van der Waals surface area contributed by atoms with Gasteiger partial charge in [0.05, 0.1) is 12.7 Å². The Morgan fingerprint density at radius 1 is 0.529 bits per heavy atom. The van der Waals surface area contributed by atoms with E-state index in [0.717, 1.165) is 12.8 Å². The fourth-order valence-electron chi connectivity index (χ4n) is 4.61. The third-order valence-corrected chi connectivity index (χ3v) is 7.31. The minimum atomic E-state index is -4.46. The molecule has 206 valence electrons. The van der Waals surface area contributed by atoms with Crippen molar-refractivity contribution in [2.75, 3.05) is 6.61 Å². The van der Waals surface area contributed by atoms with Crippen LogP contribution in [0.15, 0.2) is 0 Å². The van der Waals surface area contributed by atoms with E-state index in [2.05, 4.69) is 11.4 Å². The van der Waals surface area contributed by atoms with Crippen LogP contribution in [-0.2, 0) is 9.09 Å². The SMILES string of the molecule is CCCCCCCCCCCCCCCCCCCCCCCCCCC(O)COP(=O)(O)O. The molecule has 1 unspecified atom stereocenters. The summed E-state index contributed by atoms with van der Waals surface area (Å²) < 4.78 is 14.9. The normalized spacial score (nSPS) is 12.9. The summed E-state index contributed by atoms with van der Waals surface area (Å²) in [6, 6.07) is 0. The molecule has 0 spiro atoms. The van der Waals surface area contributed by atoms with Gasteiger partial charge in [-0.15, -0.1) is 0 Å². The summed E-state index contributed by atoms with van der Waals surface area (Å²) in [5, 5.41) is 9.62. The van der Waals surface area contributed by atoms with Gasteiger partial charge in [0, 0.05) is 0 Å². The van der Waals surface area contributed by atoms with Crippen molar-refractivity contribution in [2.45, 2.75) is 174 Å². The maximum absolute atomic E-state index is 10.6. The Kier molecular flexibility index (Phi) is 26.2. The lowest BCUT2D eigenvalue weighted by atomic mass is 10.0. The lowest BCUT2D eigenvalue weighted by molar-refractivity contribution is 0.0774. The zero-order chi connectivity index (χ0) is 25.2. The number of phosphoric ester groups is 1. The number of hydrogen-bond donors (Lipinski definition) is 3. The van der Waals surface area contributed by atoms with Crippen LogP contribution in [0.1, 0.15) is 167 Å². The highest BCUT2D eigenvalue weighted by Crippen LogP contribution is 2.35. The minimum Gasteiger partial charge on any atom is -0.391 e. The van der Waals surface area contributed by atoms with Crippen LogP contribution in [0.5, 0.6) is 0 Å². The van der Waals surface area contributed by atoms with E-state index in [1.54, 1.807) is 0 Å². The molecule has 0 saturated carbocycles. The van der Waals surface area contributed by atoms with Gasteiger partial charge < -0.3 is 14.9 Å². The standard InChI is InChI=1S/C28H59O5P/c1-2-3-4-5-6-7-8-9-10-11-12-13-14-15-16-17-18-19-20-21-22-23-24-25-26-28(29)27-33-34(30,31)32/h28-29H,2-27H2,1H3,(H2,30,31,32). The van der Waals surface area contributed by atoms with Crippen molar-refractivity contribution in [3.63, 3.8) is 0 Å². The van der Waals surface area contributed by atoms with Gasteiger partial charge in [-0.05, 0) is 6.42 Å². The molecule has 0 saturated heterocycles. The molecule has 0 aliphatic heterocycles. The summed E-state index contributed by atoms with van der Waals surface area (Å²) in [5.74, 6) is 0. The number of phosphoric acid groups is 1. The second-order valence-corrected chi connectivity index (χ2v) is 11.6. The Bertz CT molecular complexity index is 441. The Balaban J connectivity index is 3.11. The average molecular weight is 507 g/mol. The van der Waals surface area contributed by atoms with Gasteiger partial charge in [0.25, 0.3) is 0 Å². The molecule has 1 atom stereocenters. The lowest BCUT2D eigenvalue weighted by Crippen LogP contribution is -2.14. The summed E-state index contributed by atoms with van der Waals surface area (Å²) >= 11 is 0. The van der Waals surface area contributed by atoms with E-state index < -0.39 is 13.9 Å². The smallest absolute Gasteiger partial charge is 0.391 e. The van der Waals surface area contributed by atoms with E-state index in [1.165, 1.54) is 141 Å². The molecule has 0 aliphatic rings. The monoisotopic (exact) mass is 506 g/mol. The fraction of sp³-hybridized carbons (Fsp3) is 1.00. The Morgan fingerprint density at radius 3 is 1.06 bits per heavy atom. The second kappa shape index (κ2) is 26.1. The van der Waals surface area contributed by atoms with Gasteiger partial charge in [-0.1, -0.05) is 161 Å². The van der Waals surface area contributed by atoms with Crippen LogP contribution in [0, 0.1) is 0 Å². The molecule has 0 fully saturated rings. The molecule has 0 amide bonds. The average Bonchev–Trinajstić information content (AvgIpc) is 2.80. The van der Waals surface area contributed by atoms with Crippen molar-refractivity contribution in [3.8, 4) is 0 Å². The molecule has 0 aliphatic carbocycles. The van der Waals surface area contributed by atoms with Crippen molar-refractivity contribution in [3.05, 3.63) is 0 Å². The third-order valence-electron chi connectivity index (χ3n) is 6.83. The highest BCUT2D eigenvalue weighted by Gasteiger charge is 2.16. The summed E-state index contributed by atoms with van der Waals surface area (Å²) in [5.41, 5.74) is 0. The molecule has 5 nitrogen and oxygen atoms in total. The summed E-state index contributed by atoms with van der Waals surface area (Å²) in [6.07, 6.45) is 32.4. The van der Waals surface area contributed by atoms with Crippen molar-refractivity contribution < 1.29 is 24.0 Å². The molecule has 3 N–H and O–H groups in total. The van der Waals surface area contributed by atoms with Crippen LogP contribution in [0.3, 0.4) is 0 Å². The predicted molar refractivity (Wildman–Crippen MR) is 145 cm³/mol. The quantitative estimate of drug-likeness (QED) is 0.0727. The predicted octanol–water partition coefficient (Wildman–Crippen LogP) is 9.23. The number of aliphatic hydroxyl groups is 1. The van der Waals surface area contributed by atoms with Crippen LogP contribution in [0.4, 0.5) is 0 Å². The van der Waals surface area contributed by atoms with E-state index in [4.69, 9.17) is 9.79 Å². The first-order valence-electron chi connectivity index (χ1n) is 14.8. The molecule has 0 heterocycles. The van der Waals surface area contributed by atoms with E-state index in [1.807, 2.05) is 0 Å². The molecule has 0 aromatic rings.